The zero-order valence-corrected chi connectivity index (χ0v) is 19.0. The Labute approximate surface area is 197 Å². The minimum Gasteiger partial charge on any atom is -0.463 e. The minimum absolute atomic E-state index is 0.207. The fourth-order valence-electron chi connectivity index (χ4n) is 4.82. The van der Waals surface area contributed by atoms with Crippen molar-refractivity contribution in [2.24, 2.45) is 5.92 Å². The van der Waals surface area contributed by atoms with Crippen molar-refractivity contribution in [2.75, 3.05) is 19.7 Å². The largest absolute Gasteiger partial charge is 0.463 e. The third-order valence-electron chi connectivity index (χ3n) is 6.81. The number of hydrogen-bond donors (Lipinski definition) is 0. The zero-order chi connectivity index (χ0) is 23.5. The first-order valence-electron chi connectivity index (χ1n) is 11.9. The summed E-state index contributed by atoms with van der Waals surface area (Å²) in [4.78, 5) is 10.4. The average Bonchev–Trinajstić information content (AvgIpc) is 3.32. The van der Waals surface area contributed by atoms with E-state index in [2.05, 4.69) is 39.1 Å². The quantitative estimate of drug-likeness (QED) is 0.407. The van der Waals surface area contributed by atoms with Gasteiger partial charge >= 0.3 is 12.2 Å². The molecule has 2 aromatic carbocycles. The van der Waals surface area contributed by atoms with E-state index < -0.39 is 11.9 Å². The van der Waals surface area contributed by atoms with Crippen molar-refractivity contribution in [1.82, 2.24) is 14.9 Å². The van der Waals surface area contributed by atoms with E-state index in [0.29, 0.717) is 18.1 Å². The lowest BCUT2D eigenvalue weighted by atomic mass is 9.72. The molecule has 1 saturated carbocycles. The maximum atomic E-state index is 13.4. The smallest absolute Gasteiger partial charge is 0.433 e. The lowest BCUT2D eigenvalue weighted by molar-refractivity contribution is -0.141. The van der Waals surface area contributed by atoms with Crippen molar-refractivity contribution in [3.63, 3.8) is 0 Å². The average molecular weight is 468 g/mol. The first kappa shape index (κ1) is 22.8. The van der Waals surface area contributed by atoms with E-state index in [4.69, 9.17) is 4.74 Å². The number of halogens is 3. The lowest BCUT2D eigenvalue weighted by Crippen LogP contribution is -2.27. The van der Waals surface area contributed by atoms with Gasteiger partial charge in [-0.25, -0.2) is 0 Å². The van der Waals surface area contributed by atoms with Crippen molar-refractivity contribution in [3.8, 4) is 17.3 Å². The molecule has 34 heavy (non-hydrogen) atoms. The number of hydrogen-bond acceptors (Lipinski definition) is 4. The number of ether oxygens (including phenoxy) is 1. The van der Waals surface area contributed by atoms with Crippen LogP contribution in [0.15, 0.2) is 60.7 Å². The maximum Gasteiger partial charge on any atom is 0.433 e. The van der Waals surface area contributed by atoms with E-state index in [-0.39, 0.29) is 17.6 Å². The van der Waals surface area contributed by atoms with Gasteiger partial charge in [0, 0.05) is 12.1 Å². The molecule has 3 aromatic rings. The van der Waals surface area contributed by atoms with Crippen LogP contribution in [0, 0.1) is 5.92 Å². The number of likely N-dealkylation sites (tertiary alicyclic amines) is 1. The predicted octanol–water partition coefficient (Wildman–Crippen LogP) is 6.33. The predicted molar refractivity (Wildman–Crippen MR) is 124 cm³/mol. The van der Waals surface area contributed by atoms with Crippen LogP contribution in [-0.4, -0.2) is 34.6 Å². The number of rotatable bonds is 7. The molecule has 0 radical (unpaired) electrons. The summed E-state index contributed by atoms with van der Waals surface area (Å²) in [5.41, 5.74) is 2.48. The first-order valence-corrected chi connectivity index (χ1v) is 11.9. The van der Waals surface area contributed by atoms with Gasteiger partial charge in [-0.3, -0.25) is 4.90 Å². The molecular weight excluding hydrogens is 439 g/mol. The van der Waals surface area contributed by atoms with Gasteiger partial charge in [-0.15, -0.1) is 0 Å². The van der Waals surface area contributed by atoms with Crippen LogP contribution < -0.4 is 4.74 Å². The van der Waals surface area contributed by atoms with Gasteiger partial charge in [0.05, 0.1) is 12.3 Å². The van der Waals surface area contributed by atoms with Crippen LogP contribution in [0.3, 0.4) is 0 Å². The summed E-state index contributed by atoms with van der Waals surface area (Å²) in [5.74, 6) is 0.754. The number of benzene rings is 2. The number of aromatic nitrogens is 2. The molecule has 1 aliphatic carbocycles. The Kier molecular flexibility index (Phi) is 6.55. The Bertz CT molecular complexity index is 1090. The zero-order valence-electron chi connectivity index (χ0n) is 19.0. The molecule has 0 spiro atoms. The second-order valence-electron chi connectivity index (χ2n) is 9.35. The topological polar surface area (TPSA) is 38.2 Å². The van der Waals surface area contributed by atoms with Crippen molar-refractivity contribution in [2.45, 2.75) is 44.3 Å². The molecule has 0 N–H and O–H groups in total. The summed E-state index contributed by atoms with van der Waals surface area (Å²) in [6.45, 7) is 3.71. The van der Waals surface area contributed by atoms with Gasteiger partial charge in [0.2, 0.25) is 0 Å². The second-order valence-corrected chi connectivity index (χ2v) is 9.35. The Hall–Kier alpha value is -2.93. The monoisotopic (exact) mass is 467 g/mol. The highest BCUT2D eigenvalue weighted by molar-refractivity contribution is 5.59. The molecule has 0 bridgehead atoms. The third-order valence-corrected chi connectivity index (χ3v) is 6.81. The van der Waals surface area contributed by atoms with Crippen LogP contribution in [0.5, 0.6) is 6.01 Å². The highest BCUT2D eigenvalue weighted by Gasteiger charge is 2.35. The van der Waals surface area contributed by atoms with Crippen LogP contribution in [0.1, 0.15) is 48.4 Å². The fraction of sp³-hybridized carbons (Fsp3) is 0.407. The standard InChI is InChI=1S/C27H28F3N3O/c28-27(29,30)25-16-24(22-6-2-1-3-7-22)31-26(32-25)34-18-20-14-23(15-20)21-10-8-19(9-11-21)17-33-12-4-5-13-33/h1-3,6-11,16,20,23H,4-5,12-15,17-18H2. The molecule has 1 aromatic heterocycles. The van der Waals surface area contributed by atoms with E-state index in [0.717, 1.165) is 25.5 Å². The van der Waals surface area contributed by atoms with Gasteiger partial charge in [-0.1, -0.05) is 54.6 Å². The molecule has 7 heteroatoms. The molecule has 0 unspecified atom stereocenters. The van der Waals surface area contributed by atoms with Crippen molar-refractivity contribution < 1.29 is 17.9 Å². The van der Waals surface area contributed by atoms with Crippen LogP contribution in [0.2, 0.25) is 0 Å². The van der Waals surface area contributed by atoms with E-state index in [1.54, 1.807) is 30.3 Å². The number of nitrogens with zero attached hydrogens (tertiary/aromatic N) is 3. The summed E-state index contributed by atoms with van der Waals surface area (Å²) in [5, 5.41) is 0. The van der Waals surface area contributed by atoms with Crippen LogP contribution in [0.25, 0.3) is 11.3 Å². The van der Waals surface area contributed by atoms with Gasteiger partial charge in [0.15, 0.2) is 5.69 Å². The molecule has 5 rings (SSSR count). The molecule has 178 valence electrons. The minimum atomic E-state index is -4.56. The van der Waals surface area contributed by atoms with Gasteiger partial charge in [-0.05, 0) is 67.8 Å². The molecular formula is C27H28F3N3O. The highest BCUT2D eigenvalue weighted by atomic mass is 19.4. The van der Waals surface area contributed by atoms with Gasteiger partial charge in [0.1, 0.15) is 0 Å². The van der Waals surface area contributed by atoms with E-state index >= 15 is 0 Å². The normalized spacial score (nSPS) is 20.8. The van der Waals surface area contributed by atoms with Gasteiger partial charge in [-0.2, -0.15) is 23.1 Å². The Balaban J connectivity index is 1.18. The Morgan fingerprint density at radius 1 is 0.912 bits per heavy atom. The molecule has 4 nitrogen and oxygen atoms in total. The van der Waals surface area contributed by atoms with E-state index in [1.165, 1.54) is 37.1 Å². The number of alkyl halides is 3. The maximum absolute atomic E-state index is 13.4. The van der Waals surface area contributed by atoms with Crippen LogP contribution in [-0.2, 0) is 12.7 Å². The molecule has 2 fully saturated rings. The van der Waals surface area contributed by atoms with E-state index in [1.807, 2.05) is 0 Å². The molecule has 2 heterocycles. The molecule has 1 saturated heterocycles. The summed E-state index contributed by atoms with van der Waals surface area (Å²) < 4.78 is 45.8. The fourth-order valence-corrected chi connectivity index (χ4v) is 4.82. The Morgan fingerprint density at radius 3 is 2.29 bits per heavy atom. The van der Waals surface area contributed by atoms with Crippen LogP contribution in [0.4, 0.5) is 13.2 Å². The van der Waals surface area contributed by atoms with Crippen LogP contribution >= 0.6 is 0 Å². The van der Waals surface area contributed by atoms with E-state index in [9.17, 15) is 13.2 Å². The second kappa shape index (κ2) is 9.74. The van der Waals surface area contributed by atoms with Crippen molar-refractivity contribution >= 4 is 0 Å². The van der Waals surface area contributed by atoms with Gasteiger partial charge in [0.25, 0.3) is 0 Å². The molecule has 0 atom stereocenters. The van der Waals surface area contributed by atoms with Crippen molar-refractivity contribution in [3.05, 3.63) is 77.5 Å². The highest BCUT2D eigenvalue weighted by Crippen LogP contribution is 2.42. The Morgan fingerprint density at radius 2 is 1.62 bits per heavy atom. The van der Waals surface area contributed by atoms with Crippen molar-refractivity contribution in [1.29, 1.82) is 0 Å². The molecule has 1 aliphatic heterocycles. The lowest BCUT2D eigenvalue weighted by Gasteiger charge is -2.35. The first-order chi connectivity index (χ1) is 16.4. The summed E-state index contributed by atoms with van der Waals surface area (Å²) in [6.07, 6.45) is -0.0650. The molecule has 0 amide bonds. The summed E-state index contributed by atoms with van der Waals surface area (Å²) in [7, 11) is 0. The third kappa shape index (κ3) is 5.41. The molecule has 2 aliphatic rings. The SMILES string of the molecule is FC(F)(F)c1cc(-c2ccccc2)nc(OCC2CC(c3ccc(CN4CCCC4)cc3)C2)n1. The van der Waals surface area contributed by atoms with Gasteiger partial charge < -0.3 is 4.74 Å². The summed E-state index contributed by atoms with van der Waals surface area (Å²) >= 11 is 0. The summed E-state index contributed by atoms with van der Waals surface area (Å²) in [6, 6.07) is 18.4.